The van der Waals surface area contributed by atoms with E-state index in [1.165, 1.54) is 180 Å². The third-order valence-corrected chi connectivity index (χ3v) is 12.4. The lowest BCUT2D eigenvalue weighted by Crippen LogP contribution is -2.44. The van der Waals surface area contributed by atoms with Gasteiger partial charge in [0.2, 0.25) is 0 Å². The average molecular weight is 946 g/mol. The molecule has 0 aliphatic rings. The molecule has 0 spiro atoms. The Hall–Kier alpha value is -2.49. The van der Waals surface area contributed by atoms with Gasteiger partial charge in [-0.25, -0.2) is 0 Å². The number of hydrogen-bond donors (Lipinski definition) is 0. The lowest BCUT2D eigenvalue weighted by molar-refractivity contribution is -0.870. The van der Waals surface area contributed by atoms with Gasteiger partial charge in [-0.05, 0) is 70.6 Å². The lowest BCUT2D eigenvalue weighted by atomic mass is 10.0. The maximum atomic E-state index is 12.8. The third-order valence-electron chi connectivity index (χ3n) is 12.4. The van der Waals surface area contributed by atoms with Gasteiger partial charge in [-0.1, -0.05) is 211 Å². The molecule has 0 aromatic heterocycles. The summed E-state index contributed by atoms with van der Waals surface area (Å²) in [5.41, 5.74) is 0. The van der Waals surface area contributed by atoms with Crippen LogP contribution in [0, 0.1) is 0 Å². The Morgan fingerprint density at radius 1 is 0.448 bits per heavy atom. The molecule has 2 atom stereocenters. The van der Waals surface area contributed by atoms with E-state index in [1.54, 1.807) is 0 Å². The number of quaternary nitrogens is 1. The summed E-state index contributed by atoms with van der Waals surface area (Å²) in [5, 5.41) is 11.8. The molecule has 0 saturated carbocycles. The minimum atomic E-state index is -1.62. The van der Waals surface area contributed by atoms with E-state index in [-0.39, 0.29) is 32.2 Å². The molecular formula is C58H107NO8. The molecule has 0 fully saturated rings. The first-order valence-electron chi connectivity index (χ1n) is 28.1. The van der Waals surface area contributed by atoms with Crippen LogP contribution in [0.25, 0.3) is 0 Å². The second-order valence-corrected chi connectivity index (χ2v) is 20.2. The molecule has 0 radical (unpaired) electrons. The van der Waals surface area contributed by atoms with Crippen LogP contribution in [-0.2, 0) is 33.3 Å². The van der Waals surface area contributed by atoms with Crippen molar-refractivity contribution in [1.29, 1.82) is 0 Å². The number of esters is 2. The molecule has 392 valence electrons. The van der Waals surface area contributed by atoms with Crippen molar-refractivity contribution in [1.82, 2.24) is 0 Å². The average Bonchev–Trinajstić information content (AvgIpc) is 3.29. The zero-order valence-corrected chi connectivity index (χ0v) is 44.5. The Labute approximate surface area is 413 Å². The highest BCUT2D eigenvalue weighted by molar-refractivity contribution is 5.70. The van der Waals surface area contributed by atoms with Crippen molar-refractivity contribution in [3.8, 4) is 0 Å². The van der Waals surface area contributed by atoms with Crippen LogP contribution >= 0.6 is 0 Å². The standard InChI is InChI=1S/C58H107NO8/c1-6-8-10-12-14-16-18-20-22-24-26-27-28-29-31-33-35-37-39-41-43-45-47-49-56(61)67-54(53-66-58(57(62)63)64-51-50-59(3,4)5)52-65-55(60)48-46-44-42-40-38-36-34-32-30-25-23-21-19-17-15-13-11-9-7-2/h18,20-21,23-24,26,54,58H,6-17,19,22,25,27-53H2,1-5H3/b20-18-,23-21-,26-24-. The minimum absolute atomic E-state index is 0.148. The van der Waals surface area contributed by atoms with Gasteiger partial charge in [0.25, 0.3) is 0 Å². The third kappa shape index (κ3) is 51.2. The first kappa shape index (κ1) is 64.5. The predicted molar refractivity (Wildman–Crippen MR) is 279 cm³/mol. The van der Waals surface area contributed by atoms with E-state index in [1.807, 2.05) is 21.1 Å². The number of carbonyl (C=O) groups excluding carboxylic acids is 3. The van der Waals surface area contributed by atoms with Gasteiger partial charge in [0, 0.05) is 12.8 Å². The van der Waals surface area contributed by atoms with Gasteiger partial charge in [0.1, 0.15) is 13.2 Å². The number of rotatable bonds is 52. The summed E-state index contributed by atoms with van der Waals surface area (Å²) >= 11 is 0. The molecule has 0 saturated heterocycles. The highest BCUT2D eigenvalue weighted by atomic mass is 16.7. The molecular weight excluding hydrogens is 839 g/mol. The van der Waals surface area contributed by atoms with Crippen molar-refractivity contribution in [2.24, 2.45) is 0 Å². The normalized spacial score (nSPS) is 13.0. The van der Waals surface area contributed by atoms with Gasteiger partial charge in [-0.3, -0.25) is 9.59 Å². The number of carboxylic acids is 1. The van der Waals surface area contributed by atoms with Gasteiger partial charge in [-0.15, -0.1) is 0 Å². The number of carboxylic acid groups (broad SMARTS) is 1. The summed E-state index contributed by atoms with van der Waals surface area (Å²) in [6, 6.07) is 0. The zero-order chi connectivity index (χ0) is 49.2. The first-order valence-corrected chi connectivity index (χ1v) is 28.1. The van der Waals surface area contributed by atoms with E-state index < -0.39 is 24.3 Å². The summed E-state index contributed by atoms with van der Waals surface area (Å²) in [6.07, 6.45) is 56.1. The summed E-state index contributed by atoms with van der Waals surface area (Å²) in [7, 11) is 5.92. The highest BCUT2D eigenvalue weighted by Gasteiger charge is 2.22. The van der Waals surface area contributed by atoms with Crippen LogP contribution in [0.3, 0.4) is 0 Å². The topological polar surface area (TPSA) is 111 Å². The monoisotopic (exact) mass is 946 g/mol. The molecule has 0 aromatic rings. The number of carbonyl (C=O) groups is 3. The van der Waals surface area contributed by atoms with Crippen molar-refractivity contribution in [3.63, 3.8) is 0 Å². The van der Waals surface area contributed by atoms with E-state index in [9.17, 15) is 19.5 Å². The second-order valence-electron chi connectivity index (χ2n) is 20.2. The number of ether oxygens (including phenoxy) is 4. The summed E-state index contributed by atoms with van der Waals surface area (Å²) in [5.74, 6) is -2.28. The number of hydrogen-bond acceptors (Lipinski definition) is 8. The van der Waals surface area contributed by atoms with Crippen molar-refractivity contribution in [2.45, 2.75) is 270 Å². The Kier molecular flexibility index (Phi) is 48.1. The predicted octanol–water partition coefficient (Wildman–Crippen LogP) is 14.8. The summed E-state index contributed by atoms with van der Waals surface area (Å²) < 4.78 is 22.7. The molecule has 0 rings (SSSR count). The lowest BCUT2D eigenvalue weighted by Gasteiger charge is -2.26. The van der Waals surface area contributed by atoms with Crippen LogP contribution in [0.2, 0.25) is 0 Å². The van der Waals surface area contributed by atoms with Gasteiger partial charge in [-0.2, -0.15) is 0 Å². The molecule has 0 aliphatic carbocycles. The number of allylic oxidation sites excluding steroid dienone is 6. The largest absolute Gasteiger partial charge is 0.545 e. The summed E-state index contributed by atoms with van der Waals surface area (Å²) in [4.78, 5) is 37.2. The fourth-order valence-electron chi connectivity index (χ4n) is 7.97. The maximum Gasteiger partial charge on any atom is 0.306 e. The van der Waals surface area contributed by atoms with Crippen LogP contribution in [0.5, 0.6) is 0 Å². The van der Waals surface area contributed by atoms with E-state index in [4.69, 9.17) is 18.9 Å². The molecule has 9 heteroatoms. The molecule has 0 aliphatic heterocycles. The van der Waals surface area contributed by atoms with Gasteiger partial charge >= 0.3 is 11.9 Å². The minimum Gasteiger partial charge on any atom is -0.545 e. The molecule has 67 heavy (non-hydrogen) atoms. The van der Waals surface area contributed by atoms with Gasteiger partial charge < -0.3 is 33.3 Å². The summed E-state index contributed by atoms with van der Waals surface area (Å²) in [6.45, 7) is 4.76. The van der Waals surface area contributed by atoms with Crippen LogP contribution in [-0.4, -0.2) is 82.3 Å². The SMILES string of the molecule is CCCCCCC/C=C\C/C=C\CCCCCCCCCCCCCC(=O)OC(COC(=O)CCCCCCCCCCC/C=C\CCCCCCCC)COC(OCC[N+](C)(C)C)C(=O)[O-]. The quantitative estimate of drug-likeness (QED) is 0.0195. The van der Waals surface area contributed by atoms with E-state index in [0.717, 1.165) is 44.9 Å². The van der Waals surface area contributed by atoms with E-state index in [0.29, 0.717) is 23.9 Å². The molecule has 0 bridgehead atoms. The molecule has 2 unspecified atom stereocenters. The highest BCUT2D eigenvalue weighted by Crippen LogP contribution is 2.16. The van der Waals surface area contributed by atoms with Crippen LogP contribution < -0.4 is 5.11 Å². The zero-order valence-electron chi connectivity index (χ0n) is 44.5. The molecule has 0 heterocycles. The first-order chi connectivity index (χ1) is 32.6. The van der Waals surface area contributed by atoms with Crippen molar-refractivity contribution in [3.05, 3.63) is 36.5 Å². The Morgan fingerprint density at radius 3 is 1.19 bits per heavy atom. The van der Waals surface area contributed by atoms with E-state index >= 15 is 0 Å². The number of unbranched alkanes of at least 4 members (excludes halogenated alkanes) is 31. The van der Waals surface area contributed by atoms with Crippen LogP contribution in [0.4, 0.5) is 0 Å². The molecule has 0 amide bonds. The Bertz CT molecular complexity index is 1190. The molecule has 9 nitrogen and oxygen atoms in total. The maximum absolute atomic E-state index is 12.8. The smallest absolute Gasteiger partial charge is 0.306 e. The number of nitrogens with zero attached hydrogens (tertiary/aromatic N) is 1. The number of likely N-dealkylation sites (N-methyl/N-ethyl adjacent to an activating group) is 1. The molecule has 0 N–H and O–H groups in total. The van der Waals surface area contributed by atoms with Gasteiger partial charge in [0.05, 0.1) is 40.3 Å². The second kappa shape index (κ2) is 49.9. The van der Waals surface area contributed by atoms with Crippen molar-refractivity contribution < 1.29 is 42.9 Å². The Morgan fingerprint density at radius 2 is 0.806 bits per heavy atom. The Balaban J connectivity index is 4.27. The fraction of sp³-hybridized carbons (Fsp3) is 0.845. The fourth-order valence-corrected chi connectivity index (χ4v) is 7.97. The van der Waals surface area contributed by atoms with Gasteiger partial charge in [0.15, 0.2) is 12.4 Å². The molecule has 0 aromatic carbocycles. The van der Waals surface area contributed by atoms with Crippen molar-refractivity contribution >= 4 is 17.9 Å². The van der Waals surface area contributed by atoms with E-state index in [2.05, 4.69) is 50.3 Å². The number of aliphatic carboxylic acids is 1. The van der Waals surface area contributed by atoms with Crippen LogP contribution in [0.1, 0.15) is 258 Å². The van der Waals surface area contributed by atoms with Crippen molar-refractivity contribution in [2.75, 3.05) is 47.5 Å². The van der Waals surface area contributed by atoms with Crippen LogP contribution in [0.15, 0.2) is 36.5 Å².